The highest BCUT2D eigenvalue weighted by Gasteiger charge is 2.34. The summed E-state index contributed by atoms with van der Waals surface area (Å²) in [6, 6.07) is 0.794. The van der Waals surface area contributed by atoms with Crippen LogP contribution in [0.1, 0.15) is 25.0 Å². The molecule has 19 heavy (non-hydrogen) atoms. The van der Waals surface area contributed by atoms with Crippen molar-refractivity contribution in [3.63, 3.8) is 0 Å². The number of aromatic nitrogens is 2. The SMILES string of the molecule is CN1CCCC2CN(Cc3cnc(N)cn3)CCC21. The van der Waals surface area contributed by atoms with E-state index in [1.54, 1.807) is 12.4 Å². The van der Waals surface area contributed by atoms with Crippen LogP contribution in [0.4, 0.5) is 5.82 Å². The molecule has 0 aromatic carbocycles. The average molecular weight is 261 g/mol. The first kappa shape index (κ1) is 12.8. The largest absolute Gasteiger partial charge is 0.382 e. The fourth-order valence-corrected chi connectivity index (χ4v) is 3.55. The van der Waals surface area contributed by atoms with Gasteiger partial charge in [0, 0.05) is 25.7 Å². The van der Waals surface area contributed by atoms with Gasteiger partial charge in [-0.1, -0.05) is 0 Å². The highest BCUT2D eigenvalue weighted by Crippen LogP contribution is 2.29. The molecular weight excluding hydrogens is 238 g/mol. The molecule has 3 rings (SSSR count). The number of nitrogens with zero attached hydrogens (tertiary/aromatic N) is 4. The minimum Gasteiger partial charge on any atom is -0.382 e. The van der Waals surface area contributed by atoms with Gasteiger partial charge < -0.3 is 10.6 Å². The van der Waals surface area contributed by atoms with Crippen LogP contribution in [0, 0.1) is 5.92 Å². The molecule has 104 valence electrons. The second-order valence-corrected chi connectivity index (χ2v) is 5.91. The molecule has 2 aliphatic heterocycles. The number of rotatable bonds is 2. The Hall–Kier alpha value is -1.20. The molecule has 0 saturated carbocycles. The van der Waals surface area contributed by atoms with Crippen molar-refractivity contribution < 1.29 is 0 Å². The zero-order valence-electron chi connectivity index (χ0n) is 11.6. The van der Waals surface area contributed by atoms with Gasteiger partial charge >= 0.3 is 0 Å². The van der Waals surface area contributed by atoms with E-state index in [0.29, 0.717) is 5.82 Å². The lowest BCUT2D eigenvalue weighted by Crippen LogP contribution is -2.52. The predicted octanol–water partition coefficient (Wildman–Crippen LogP) is 0.975. The highest BCUT2D eigenvalue weighted by molar-refractivity contribution is 5.22. The van der Waals surface area contributed by atoms with Crippen LogP contribution in [0.3, 0.4) is 0 Å². The maximum Gasteiger partial charge on any atom is 0.141 e. The van der Waals surface area contributed by atoms with Crippen LogP contribution in [-0.4, -0.2) is 52.5 Å². The summed E-state index contributed by atoms with van der Waals surface area (Å²) >= 11 is 0. The minimum atomic E-state index is 0.497. The summed E-state index contributed by atoms with van der Waals surface area (Å²) in [5.74, 6) is 1.32. The molecule has 2 atom stereocenters. The smallest absolute Gasteiger partial charge is 0.141 e. The van der Waals surface area contributed by atoms with Crippen molar-refractivity contribution in [1.82, 2.24) is 19.8 Å². The fraction of sp³-hybridized carbons (Fsp3) is 0.714. The van der Waals surface area contributed by atoms with E-state index >= 15 is 0 Å². The Kier molecular flexibility index (Phi) is 3.66. The van der Waals surface area contributed by atoms with Crippen molar-refractivity contribution in [2.45, 2.75) is 31.8 Å². The third-order valence-electron chi connectivity index (χ3n) is 4.54. The maximum atomic E-state index is 5.57. The van der Waals surface area contributed by atoms with E-state index in [9.17, 15) is 0 Å². The third kappa shape index (κ3) is 2.87. The van der Waals surface area contributed by atoms with Crippen LogP contribution >= 0.6 is 0 Å². The first-order valence-corrected chi connectivity index (χ1v) is 7.21. The number of hydrogen-bond acceptors (Lipinski definition) is 5. The fourth-order valence-electron chi connectivity index (χ4n) is 3.55. The number of fused-ring (bicyclic) bond motifs is 1. The third-order valence-corrected chi connectivity index (χ3v) is 4.54. The van der Waals surface area contributed by atoms with Crippen LogP contribution in [0.2, 0.25) is 0 Å². The van der Waals surface area contributed by atoms with E-state index in [0.717, 1.165) is 30.7 Å². The average Bonchev–Trinajstić information content (AvgIpc) is 2.42. The summed E-state index contributed by atoms with van der Waals surface area (Å²) in [6.45, 7) is 4.53. The number of anilines is 1. The molecule has 3 heterocycles. The quantitative estimate of drug-likeness (QED) is 0.860. The van der Waals surface area contributed by atoms with Crippen molar-refractivity contribution in [1.29, 1.82) is 0 Å². The first-order valence-electron chi connectivity index (χ1n) is 7.21. The van der Waals surface area contributed by atoms with Gasteiger partial charge in [-0.3, -0.25) is 9.88 Å². The maximum absolute atomic E-state index is 5.57. The first-order chi connectivity index (χ1) is 9.22. The molecule has 1 aromatic heterocycles. The van der Waals surface area contributed by atoms with Gasteiger partial charge in [-0.25, -0.2) is 4.98 Å². The van der Waals surface area contributed by atoms with Crippen LogP contribution in [0.5, 0.6) is 0 Å². The van der Waals surface area contributed by atoms with Crippen LogP contribution in [-0.2, 0) is 6.54 Å². The molecular formula is C14H23N5. The monoisotopic (exact) mass is 261 g/mol. The van der Waals surface area contributed by atoms with Crippen molar-refractivity contribution in [2.24, 2.45) is 5.92 Å². The summed E-state index contributed by atoms with van der Waals surface area (Å²) < 4.78 is 0. The Morgan fingerprint density at radius 3 is 2.95 bits per heavy atom. The van der Waals surface area contributed by atoms with Gasteiger partial charge in [-0.2, -0.15) is 0 Å². The number of likely N-dealkylation sites (tertiary alicyclic amines) is 2. The molecule has 0 bridgehead atoms. The van der Waals surface area contributed by atoms with Gasteiger partial charge in [-0.05, 0) is 38.8 Å². The second-order valence-electron chi connectivity index (χ2n) is 5.91. The van der Waals surface area contributed by atoms with E-state index in [1.165, 1.54) is 32.4 Å². The zero-order valence-corrected chi connectivity index (χ0v) is 11.6. The second kappa shape index (κ2) is 5.43. The molecule has 2 fully saturated rings. The van der Waals surface area contributed by atoms with E-state index < -0.39 is 0 Å². The van der Waals surface area contributed by atoms with E-state index in [2.05, 4.69) is 26.8 Å². The Bertz CT molecular complexity index is 418. The van der Waals surface area contributed by atoms with Crippen LogP contribution in [0.15, 0.2) is 12.4 Å². The molecule has 2 N–H and O–H groups in total. The molecule has 1 aromatic rings. The van der Waals surface area contributed by atoms with Crippen LogP contribution < -0.4 is 5.73 Å². The van der Waals surface area contributed by atoms with Gasteiger partial charge in [0.2, 0.25) is 0 Å². The molecule has 2 unspecified atom stereocenters. The van der Waals surface area contributed by atoms with Gasteiger partial charge in [0.25, 0.3) is 0 Å². The molecule has 2 saturated heterocycles. The summed E-state index contributed by atoms with van der Waals surface area (Å²) in [5.41, 5.74) is 6.59. The lowest BCUT2D eigenvalue weighted by atomic mass is 9.84. The summed E-state index contributed by atoms with van der Waals surface area (Å²) in [4.78, 5) is 13.5. The summed E-state index contributed by atoms with van der Waals surface area (Å²) in [5, 5.41) is 0. The number of hydrogen-bond donors (Lipinski definition) is 1. The van der Waals surface area contributed by atoms with Crippen molar-refractivity contribution in [3.8, 4) is 0 Å². The highest BCUT2D eigenvalue weighted by atomic mass is 15.2. The molecule has 0 spiro atoms. The molecule has 5 nitrogen and oxygen atoms in total. The summed E-state index contributed by atoms with van der Waals surface area (Å²) in [6.07, 6.45) is 7.45. The molecule has 2 aliphatic rings. The van der Waals surface area contributed by atoms with Gasteiger partial charge in [0.1, 0.15) is 5.82 Å². The van der Waals surface area contributed by atoms with Crippen molar-refractivity contribution >= 4 is 5.82 Å². The molecule has 0 radical (unpaired) electrons. The Labute approximate surface area is 114 Å². The van der Waals surface area contributed by atoms with Gasteiger partial charge in [-0.15, -0.1) is 0 Å². The Morgan fingerprint density at radius 1 is 1.26 bits per heavy atom. The zero-order chi connectivity index (χ0) is 13.2. The van der Waals surface area contributed by atoms with Gasteiger partial charge in [0.15, 0.2) is 0 Å². The minimum absolute atomic E-state index is 0.497. The lowest BCUT2D eigenvalue weighted by Gasteiger charge is -2.45. The molecule has 5 heteroatoms. The number of nitrogen functional groups attached to an aromatic ring is 1. The van der Waals surface area contributed by atoms with Crippen LogP contribution in [0.25, 0.3) is 0 Å². The standard InChI is InChI=1S/C14H23N5/c1-18-5-2-3-11-9-19(6-4-13(11)18)10-12-7-17-14(15)8-16-12/h7-8,11,13H,2-6,9-10H2,1H3,(H2,15,17). The van der Waals surface area contributed by atoms with E-state index in [4.69, 9.17) is 5.73 Å². The molecule has 0 amide bonds. The normalized spacial score (nSPS) is 29.1. The van der Waals surface area contributed by atoms with Gasteiger partial charge in [0.05, 0.1) is 18.1 Å². The van der Waals surface area contributed by atoms with Crippen molar-refractivity contribution in [2.75, 3.05) is 32.4 Å². The number of piperidine rings is 2. The van der Waals surface area contributed by atoms with E-state index in [1.807, 2.05) is 0 Å². The lowest BCUT2D eigenvalue weighted by molar-refractivity contribution is 0.0350. The topological polar surface area (TPSA) is 58.3 Å². The molecule has 0 aliphatic carbocycles. The van der Waals surface area contributed by atoms with Crippen molar-refractivity contribution in [3.05, 3.63) is 18.1 Å². The Morgan fingerprint density at radius 2 is 2.16 bits per heavy atom. The Balaban J connectivity index is 1.60. The summed E-state index contributed by atoms with van der Waals surface area (Å²) in [7, 11) is 2.28. The predicted molar refractivity (Wildman–Crippen MR) is 75.5 cm³/mol. The number of nitrogens with two attached hydrogens (primary N) is 1. The van der Waals surface area contributed by atoms with E-state index in [-0.39, 0.29) is 0 Å².